The second kappa shape index (κ2) is 3.05. The predicted molar refractivity (Wildman–Crippen MR) is 44.7 cm³/mol. The molecule has 1 aliphatic carbocycles. The molecular weight excluding hydrogens is 154 g/mol. The molecule has 1 aliphatic heterocycles. The summed E-state index contributed by atoms with van der Waals surface area (Å²) < 4.78 is 4.86. The molecule has 1 saturated heterocycles. The predicted octanol–water partition coefficient (Wildman–Crippen LogP) is 0.501. The number of hydrogen-bond donors (Lipinski definition) is 0. The zero-order valence-corrected chi connectivity index (χ0v) is 7.45. The molecule has 0 aromatic heterocycles. The third-order valence-electron chi connectivity index (χ3n) is 2.85. The third kappa shape index (κ3) is 1.46. The number of rotatable bonds is 3. The summed E-state index contributed by atoms with van der Waals surface area (Å²) in [6, 6.07) is 0. The molecule has 0 aromatic carbocycles. The zero-order valence-electron chi connectivity index (χ0n) is 7.45. The number of methoxy groups -OCH3 is 1. The molecular formula is C9H15NO2. The van der Waals surface area contributed by atoms with E-state index < -0.39 is 0 Å². The highest BCUT2D eigenvalue weighted by atomic mass is 16.5. The molecule has 3 nitrogen and oxygen atoms in total. The van der Waals surface area contributed by atoms with E-state index in [1.165, 1.54) is 6.42 Å². The highest BCUT2D eigenvalue weighted by Gasteiger charge is 2.46. The molecule has 0 N–H and O–H groups in total. The van der Waals surface area contributed by atoms with E-state index in [0.29, 0.717) is 13.0 Å². The van der Waals surface area contributed by atoms with Crippen LogP contribution >= 0.6 is 0 Å². The van der Waals surface area contributed by atoms with Crippen molar-refractivity contribution >= 4 is 5.91 Å². The Balaban J connectivity index is 1.73. The lowest BCUT2D eigenvalue weighted by Gasteiger charge is -2.17. The summed E-state index contributed by atoms with van der Waals surface area (Å²) in [4.78, 5) is 13.4. The maximum Gasteiger partial charge on any atom is 0.224 e. The number of ether oxygens (including phenoxy) is 1. The summed E-state index contributed by atoms with van der Waals surface area (Å²) in [6.45, 7) is 2.57. The van der Waals surface area contributed by atoms with E-state index in [9.17, 15) is 4.79 Å². The van der Waals surface area contributed by atoms with Crippen molar-refractivity contribution in [3.8, 4) is 0 Å². The van der Waals surface area contributed by atoms with Gasteiger partial charge in [0.15, 0.2) is 0 Å². The van der Waals surface area contributed by atoms with Crippen molar-refractivity contribution in [2.45, 2.75) is 12.8 Å². The number of fused-ring (bicyclic) bond motifs is 1. The van der Waals surface area contributed by atoms with Crippen LogP contribution in [0.15, 0.2) is 0 Å². The average Bonchev–Trinajstić information content (AvgIpc) is 2.69. The van der Waals surface area contributed by atoms with Crippen molar-refractivity contribution in [3.05, 3.63) is 0 Å². The van der Waals surface area contributed by atoms with Gasteiger partial charge >= 0.3 is 0 Å². The van der Waals surface area contributed by atoms with Gasteiger partial charge in [-0.15, -0.1) is 0 Å². The van der Waals surface area contributed by atoms with Gasteiger partial charge in [-0.05, 0) is 18.3 Å². The molecule has 2 unspecified atom stereocenters. The van der Waals surface area contributed by atoms with Crippen LogP contribution in [0, 0.1) is 11.8 Å². The van der Waals surface area contributed by atoms with E-state index in [1.807, 2.05) is 4.90 Å². The van der Waals surface area contributed by atoms with Gasteiger partial charge < -0.3 is 9.64 Å². The molecule has 12 heavy (non-hydrogen) atoms. The molecule has 0 bridgehead atoms. The van der Waals surface area contributed by atoms with Crippen molar-refractivity contribution in [2.75, 3.05) is 26.8 Å². The first-order chi connectivity index (χ1) is 5.81. The molecule has 68 valence electrons. The van der Waals surface area contributed by atoms with E-state index >= 15 is 0 Å². The third-order valence-corrected chi connectivity index (χ3v) is 2.85. The molecule has 1 amide bonds. The quantitative estimate of drug-likeness (QED) is 0.615. The lowest BCUT2D eigenvalue weighted by molar-refractivity contribution is -0.131. The highest BCUT2D eigenvalue weighted by Crippen LogP contribution is 2.44. The summed E-state index contributed by atoms with van der Waals surface area (Å²) in [5, 5.41) is 0. The van der Waals surface area contributed by atoms with E-state index in [-0.39, 0.29) is 5.91 Å². The molecule has 1 saturated carbocycles. The Morgan fingerprint density at radius 1 is 1.50 bits per heavy atom. The minimum atomic E-state index is 0.268. The monoisotopic (exact) mass is 169 g/mol. The Morgan fingerprint density at radius 2 is 2.17 bits per heavy atom. The Bertz CT molecular complexity index is 183. The van der Waals surface area contributed by atoms with E-state index in [1.54, 1.807) is 7.11 Å². The first-order valence-corrected chi connectivity index (χ1v) is 4.58. The van der Waals surface area contributed by atoms with Crippen molar-refractivity contribution < 1.29 is 9.53 Å². The van der Waals surface area contributed by atoms with Crippen LogP contribution in [0.4, 0.5) is 0 Å². The van der Waals surface area contributed by atoms with Gasteiger partial charge in [0.25, 0.3) is 0 Å². The standard InChI is InChI=1S/C9H15NO2/c1-12-3-2-9(11)10-5-7-4-8(7)6-10/h7-8H,2-6H2,1H3. The highest BCUT2D eigenvalue weighted by molar-refractivity contribution is 5.76. The van der Waals surface area contributed by atoms with E-state index in [0.717, 1.165) is 24.9 Å². The van der Waals surface area contributed by atoms with Gasteiger partial charge in [-0.1, -0.05) is 0 Å². The average molecular weight is 169 g/mol. The number of carbonyl (C=O) groups is 1. The largest absolute Gasteiger partial charge is 0.384 e. The Kier molecular flexibility index (Phi) is 2.05. The summed E-state index contributed by atoms with van der Waals surface area (Å²) in [7, 11) is 1.63. The number of likely N-dealkylation sites (tertiary alicyclic amines) is 1. The topological polar surface area (TPSA) is 29.5 Å². The summed E-state index contributed by atoms with van der Waals surface area (Å²) in [5.41, 5.74) is 0. The molecule has 3 heteroatoms. The van der Waals surface area contributed by atoms with Gasteiger partial charge in [0.05, 0.1) is 13.0 Å². The Morgan fingerprint density at radius 3 is 2.75 bits per heavy atom. The van der Waals surface area contributed by atoms with Gasteiger partial charge in [0.1, 0.15) is 0 Å². The minimum absolute atomic E-state index is 0.268. The van der Waals surface area contributed by atoms with Crippen molar-refractivity contribution in [1.82, 2.24) is 4.90 Å². The summed E-state index contributed by atoms with van der Waals surface area (Å²) in [6.07, 6.45) is 1.91. The molecule has 2 rings (SSSR count). The molecule has 0 spiro atoms. The fraction of sp³-hybridized carbons (Fsp3) is 0.889. The van der Waals surface area contributed by atoms with Gasteiger partial charge in [0, 0.05) is 20.2 Å². The van der Waals surface area contributed by atoms with Crippen molar-refractivity contribution in [3.63, 3.8) is 0 Å². The van der Waals surface area contributed by atoms with E-state index in [2.05, 4.69) is 0 Å². The normalized spacial score (nSPS) is 31.9. The Labute approximate surface area is 72.7 Å². The van der Waals surface area contributed by atoms with Gasteiger partial charge in [0.2, 0.25) is 5.91 Å². The SMILES string of the molecule is COCCC(=O)N1CC2CC2C1. The van der Waals surface area contributed by atoms with Crippen LogP contribution in [0.1, 0.15) is 12.8 Å². The molecule has 2 atom stereocenters. The molecule has 1 heterocycles. The molecule has 2 fully saturated rings. The van der Waals surface area contributed by atoms with Crippen LogP contribution in [0.25, 0.3) is 0 Å². The smallest absolute Gasteiger partial charge is 0.224 e. The second-order valence-corrected chi connectivity index (χ2v) is 3.80. The van der Waals surface area contributed by atoms with Crippen LogP contribution in [0.3, 0.4) is 0 Å². The van der Waals surface area contributed by atoms with Crippen LogP contribution in [-0.2, 0) is 9.53 Å². The van der Waals surface area contributed by atoms with Crippen molar-refractivity contribution in [1.29, 1.82) is 0 Å². The number of carbonyl (C=O) groups excluding carboxylic acids is 1. The van der Waals surface area contributed by atoms with Gasteiger partial charge in [-0.3, -0.25) is 4.79 Å². The van der Waals surface area contributed by atoms with Crippen molar-refractivity contribution in [2.24, 2.45) is 11.8 Å². The molecule has 0 radical (unpaired) electrons. The molecule has 0 aromatic rings. The maximum absolute atomic E-state index is 11.4. The maximum atomic E-state index is 11.4. The first-order valence-electron chi connectivity index (χ1n) is 4.58. The number of piperidine rings is 1. The number of amides is 1. The summed E-state index contributed by atoms with van der Waals surface area (Å²) in [5.74, 6) is 1.96. The van der Waals surface area contributed by atoms with Gasteiger partial charge in [-0.2, -0.15) is 0 Å². The molecule has 2 aliphatic rings. The van der Waals surface area contributed by atoms with E-state index in [4.69, 9.17) is 4.74 Å². The van der Waals surface area contributed by atoms with Crippen LogP contribution < -0.4 is 0 Å². The lowest BCUT2D eigenvalue weighted by atomic mass is 10.3. The van der Waals surface area contributed by atoms with Gasteiger partial charge in [-0.25, -0.2) is 0 Å². The lowest BCUT2D eigenvalue weighted by Crippen LogP contribution is -2.30. The first kappa shape index (κ1) is 8.05. The van der Waals surface area contributed by atoms with Crippen LogP contribution in [0.2, 0.25) is 0 Å². The van der Waals surface area contributed by atoms with Crippen LogP contribution in [-0.4, -0.2) is 37.6 Å². The number of nitrogens with zero attached hydrogens (tertiary/aromatic N) is 1. The summed E-state index contributed by atoms with van der Waals surface area (Å²) >= 11 is 0. The Hall–Kier alpha value is -0.570. The number of hydrogen-bond acceptors (Lipinski definition) is 2. The zero-order chi connectivity index (χ0) is 8.55. The van der Waals surface area contributed by atoms with Crippen LogP contribution in [0.5, 0.6) is 0 Å². The second-order valence-electron chi connectivity index (χ2n) is 3.80. The minimum Gasteiger partial charge on any atom is -0.384 e. The fourth-order valence-corrected chi connectivity index (χ4v) is 1.95. The fourth-order valence-electron chi connectivity index (χ4n) is 1.95.